The average molecular weight is 488 g/mol. The van der Waals surface area contributed by atoms with Gasteiger partial charge in [-0.05, 0) is 80.2 Å². The number of likely N-dealkylation sites (tertiary alicyclic amines) is 1. The Balaban J connectivity index is 0.000000350. The third-order valence-corrected chi connectivity index (χ3v) is 6.45. The van der Waals surface area contributed by atoms with E-state index in [0.717, 1.165) is 49.7 Å². The summed E-state index contributed by atoms with van der Waals surface area (Å²) in [6, 6.07) is 13.2. The van der Waals surface area contributed by atoms with Gasteiger partial charge in [0.05, 0.1) is 23.6 Å². The van der Waals surface area contributed by atoms with Gasteiger partial charge in [0.25, 0.3) is 0 Å². The quantitative estimate of drug-likeness (QED) is 0.443. The van der Waals surface area contributed by atoms with Gasteiger partial charge in [0, 0.05) is 13.1 Å². The maximum absolute atomic E-state index is 9.64. The Morgan fingerprint density at radius 3 is 2.18 bits per heavy atom. The van der Waals surface area contributed by atoms with E-state index in [1.807, 2.05) is 6.07 Å². The molecule has 2 aromatic carbocycles. The van der Waals surface area contributed by atoms with Crippen LogP contribution in [0.2, 0.25) is 5.02 Å². The van der Waals surface area contributed by atoms with Crippen molar-refractivity contribution in [3.05, 3.63) is 63.7 Å². The summed E-state index contributed by atoms with van der Waals surface area (Å²) in [6.45, 7) is 6.46. The van der Waals surface area contributed by atoms with Crippen molar-refractivity contribution in [1.29, 1.82) is 0 Å². The minimum atomic E-state index is -1.08. The molecule has 0 saturated carbocycles. The number of carbonyl (C=O) groups is 2. The molecule has 2 aliphatic heterocycles. The molecule has 7 nitrogen and oxygen atoms in total. The number of aliphatic carboxylic acids is 2. The van der Waals surface area contributed by atoms with Gasteiger partial charge in [0.2, 0.25) is 0 Å². The number of carboxylic acids is 2. The van der Waals surface area contributed by atoms with Crippen LogP contribution in [0.25, 0.3) is 0 Å². The van der Waals surface area contributed by atoms with E-state index >= 15 is 0 Å². The number of carboxylic acid groups (broad SMARTS) is 2. The fourth-order valence-corrected chi connectivity index (χ4v) is 4.54. The predicted octanol–water partition coefficient (Wildman–Crippen LogP) is 4.17. The van der Waals surface area contributed by atoms with Crippen molar-refractivity contribution in [2.24, 2.45) is 0 Å². The topological polar surface area (TPSA) is 102 Å². The molecule has 2 aromatic rings. The van der Waals surface area contributed by atoms with Gasteiger partial charge >= 0.3 is 11.9 Å². The predicted molar refractivity (Wildman–Crippen MR) is 135 cm³/mol. The maximum Gasteiger partial charge on any atom is 0.303 e. The molecule has 1 saturated heterocycles. The summed E-state index contributed by atoms with van der Waals surface area (Å²) in [6.07, 6.45) is 4.21. The van der Waals surface area contributed by atoms with Crippen LogP contribution < -0.4 is 10.6 Å². The molecule has 0 unspecified atom stereocenters. The summed E-state index contributed by atoms with van der Waals surface area (Å²) in [5, 5.41) is 23.7. The number of benzene rings is 2. The second kappa shape index (κ2) is 13.3. The standard InChI is InChI=1S/C22H28ClN3.C4H6O4/c23-21-8-7-19-9-11-24-12-10-20(19)22(21)25-15-17-3-5-18(6-4-17)16-26-13-1-2-14-26;5-3(6)1-2-4(7)8/h3-8,24-25H,1-2,9-16H2;1-2H2,(H,5,6)(H,7,8). The largest absolute Gasteiger partial charge is 0.481 e. The summed E-state index contributed by atoms with van der Waals surface area (Å²) < 4.78 is 0. The van der Waals surface area contributed by atoms with Gasteiger partial charge in [-0.25, -0.2) is 0 Å². The average Bonchev–Trinajstić information content (AvgIpc) is 3.21. The zero-order chi connectivity index (χ0) is 24.3. The van der Waals surface area contributed by atoms with Crippen molar-refractivity contribution in [2.75, 3.05) is 31.5 Å². The van der Waals surface area contributed by atoms with E-state index in [0.29, 0.717) is 0 Å². The van der Waals surface area contributed by atoms with Crippen LogP contribution in [0.1, 0.15) is 47.9 Å². The summed E-state index contributed by atoms with van der Waals surface area (Å²) >= 11 is 6.51. The summed E-state index contributed by atoms with van der Waals surface area (Å²) in [4.78, 5) is 21.8. The second-order valence-electron chi connectivity index (χ2n) is 8.75. The van der Waals surface area contributed by atoms with Gasteiger partial charge in [-0.1, -0.05) is 41.9 Å². The first-order valence-electron chi connectivity index (χ1n) is 11.9. The summed E-state index contributed by atoms with van der Waals surface area (Å²) in [7, 11) is 0. The van der Waals surface area contributed by atoms with Crippen LogP contribution in [0.15, 0.2) is 36.4 Å². The van der Waals surface area contributed by atoms with Gasteiger partial charge in [0.1, 0.15) is 0 Å². The minimum Gasteiger partial charge on any atom is -0.481 e. The summed E-state index contributed by atoms with van der Waals surface area (Å²) in [5.41, 5.74) is 6.63. The number of hydrogen-bond acceptors (Lipinski definition) is 5. The number of hydrogen-bond donors (Lipinski definition) is 4. The Morgan fingerprint density at radius 1 is 0.912 bits per heavy atom. The molecule has 0 amide bonds. The molecular weight excluding hydrogens is 454 g/mol. The molecule has 0 radical (unpaired) electrons. The monoisotopic (exact) mass is 487 g/mol. The highest BCUT2D eigenvalue weighted by molar-refractivity contribution is 6.33. The van der Waals surface area contributed by atoms with E-state index in [1.165, 1.54) is 48.2 Å². The van der Waals surface area contributed by atoms with Gasteiger partial charge in [-0.15, -0.1) is 0 Å². The first kappa shape index (κ1) is 26.0. The highest BCUT2D eigenvalue weighted by atomic mass is 35.5. The lowest BCUT2D eigenvalue weighted by Crippen LogP contribution is -2.18. The third kappa shape index (κ3) is 8.31. The number of nitrogens with one attached hydrogen (secondary N) is 2. The Labute approximate surface area is 206 Å². The number of nitrogens with zero attached hydrogens (tertiary/aromatic N) is 1. The van der Waals surface area contributed by atoms with Crippen molar-refractivity contribution in [3.63, 3.8) is 0 Å². The third-order valence-electron chi connectivity index (χ3n) is 6.13. The van der Waals surface area contributed by atoms with Crippen LogP contribution in [0, 0.1) is 0 Å². The SMILES string of the molecule is Clc1ccc2c(c1NCc1ccc(CN3CCCC3)cc1)CCNCC2.O=C(O)CCC(=O)O. The second-order valence-corrected chi connectivity index (χ2v) is 9.16. The number of halogens is 1. The molecule has 0 aliphatic carbocycles. The van der Waals surface area contributed by atoms with Crippen LogP contribution in [0.3, 0.4) is 0 Å². The maximum atomic E-state index is 9.64. The minimum absolute atomic E-state index is 0.296. The first-order chi connectivity index (χ1) is 16.4. The van der Waals surface area contributed by atoms with E-state index in [-0.39, 0.29) is 12.8 Å². The molecule has 1 fully saturated rings. The van der Waals surface area contributed by atoms with Gasteiger partial charge in [-0.2, -0.15) is 0 Å². The van der Waals surface area contributed by atoms with Crippen molar-refractivity contribution in [3.8, 4) is 0 Å². The fourth-order valence-electron chi connectivity index (χ4n) is 4.30. The van der Waals surface area contributed by atoms with E-state index in [2.05, 4.69) is 45.9 Å². The fraction of sp³-hybridized carbons (Fsp3) is 0.462. The van der Waals surface area contributed by atoms with Crippen LogP contribution in [-0.2, 0) is 35.5 Å². The van der Waals surface area contributed by atoms with Crippen LogP contribution in [0.4, 0.5) is 5.69 Å². The summed E-state index contributed by atoms with van der Waals surface area (Å²) in [5.74, 6) is -2.15. The van der Waals surface area contributed by atoms with Crippen LogP contribution >= 0.6 is 11.6 Å². The number of anilines is 1. The highest BCUT2D eigenvalue weighted by Crippen LogP contribution is 2.31. The van der Waals surface area contributed by atoms with Crippen molar-refractivity contribution >= 4 is 29.2 Å². The Morgan fingerprint density at radius 2 is 1.53 bits per heavy atom. The van der Waals surface area contributed by atoms with Gasteiger partial charge in [-0.3, -0.25) is 14.5 Å². The molecule has 4 N–H and O–H groups in total. The Bertz CT molecular complexity index is 945. The Hall–Kier alpha value is -2.61. The smallest absolute Gasteiger partial charge is 0.303 e. The lowest BCUT2D eigenvalue weighted by molar-refractivity contribution is -0.143. The molecule has 0 spiro atoms. The van der Waals surface area contributed by atoms with E-state index in [9.17, 15) is 9.59 Å². The molecule has 184 valence electrons. The van der Waals surface area contributed by atoms with Gasteiger partial charge < -0.3 is 20.8 Å². The molecule has 34 heavy (non-hydrogen) atoms. The lowest BCUT2D eigenvalue weighted by atomic mass is 10.0. The Kier molecular flexibility index (Phi) is 10.2. The number of rotatable bonds is 8. The van der Waals surface area contributed by atoms with E-state index < -0.39 is 11.9 Å². The molecule has 0 atom stereocenters. The number of fused-ring (bicyclic) bond motifs is 1. The zero-order valence-electron chi connectivity index (χ0n) is 19.5. The normalized spacial score (nSPS) is 15.6. The van der Waals surface area contributed by atoms with Crippen LogP contribution in [0.5, 0.6) is 0 Å². The van der Waals surface area contributed by atoms with Crippen molar-refractivity contribution < 1.29 is 19.8 Å². The van der Waals surface area contributed by atoms with Crippen molar-refractivity contribution in [1.82, 2.24) is 10.2 Å². The van der Waals surface area contributed by atoms with E-state index in [1.54, 1.807) is 0 Å². The van der Waals surface area contributed by atoms with Gasteiger partial charge in [0.15, 0.2) is 0 Å². The van der Waals surface area contributed by atoms with E-state index in [4.69, 9.17) is 21.8 Å². The molecule has 0 bridgehead atoms. The molecule has 0 aromatic heterocycles. The van der Waals surface area contributed by atoms with Crippen LogP contribution in [-0.4, -0.2) is 53.2 Å². The molecule has 8 heteroatoms. The first-order valence-corrected chi connectivity index (χ1v) is 12.3. The molecule has 2 heterocycles. The molecule has 2 aliphatic rings. The van der Waals surface area contributed by atoms with Crippen molar-refractivity contribution in [2.45, 2.75) is 51.6 Å². The molecule has 4 rings (SSSR count). The highest BCUT2D eigenvalue weighted by Gasteiger charge is 2.15. The lowest BCUT2D eigenvalue weighted by Gasteiger charge is -2.17. The zero-order valence-corrected chi connectivity index (χ0v) is 20.2. The molecular formula is C26H34ClN3O4.